The third-order valence-corrected chi connectivity index (χ3v) is 6.01. The molecule has 170 valence electrons. The van der Waals surface area contributed by atoms with Crippen LogP contribution in [0.15, 0.2) is 96.0 Å². The second-order valence-electron chi connectivity index (χ2n) is 8.74. The van der Waals surface area contributed by atoms with Crippen LogP contribution in [-0.2, 0) is 20.9 Å². The third kappa shape index (κ3) is 6.17. The van der Waals surface area contributed by atoms with Gasteiger partial charge in [0.25, 0.3) is 0 Å². The van der Waals surface area contributed by atoms with Crippen molar-refractivity contribution in [1.29, 1.82) is 0 Å². The molecule has 1 heterocycles. The Morgan fingerprint density at radius 1 is 0.848 bits per heavy atom. The van der Waals surface area contributed by atoms with E-state index in [-0.39, 0.29) is 30.7 Å². The predicted octanol–water partition coefficient (Wildman–Crippen LogP) is 5.84. The molecule has 1 aliphatic rings. The molecule has 3 aromatic rings. The minimum atomic E-state index is -0.599. The molecule has 2 unspecified atom stereocenters. The highest BCUT2D eigenvalue weighted by molar-refractivity contribution is 6.13. The van der Waals surface area contributed by atoms with E-state index in [1.165, 1.54) is 0 Å². The van der Waals surface area contributed by atoms with Crippen LogP contribution in [0, 0.1) is 5.92 Å². The van der Waals surface area contributed by atoms with Crippen LogP contribution in [0.1, 0.15) is 43.4 Å². The van der Waals surface area contributed by atoms with E-state index in [0.29, 0.717) is 0 Å². The summed E-state index contributed by atoms with van der Waals surface area (Å²) in [5.74, 6) is -0.232. The summed E-state index contributed by atoms with van der Waals surface area (Å²) < 4.78 is 11.7. The average molecular weight is 442 g/mol. The molecule has 4 nitrogen and oxygen atoms in total. The fourth-order valence-corrected chi connectivity index (χ4v) is 4.53. The van der Waals surface area contributed by atoms with Gasteiger partial charge >= 0.3 is 5.97 Å². The number of carbonyl (C=O) groups excluding carboxylic acids is 1. The number of hydrogen-bond acceptors (Lipinski definition) is 4. The number of carbonyl (C=O) groups is 1. The second-order valence-corrected chi connectivity index (χ2v) is 8.74. The van der Waals surface area contributed by atoms with Gasteiger partial charge < -0.3 is 9.47 Å². The molecule has 1 aliphatic heterocycles. The molecule has 0 radical (unpaired) electrons. The largest absolute Gasteiger partial charge is 0.459 e. The first kappa shape index (κ1) is 22.9. The number of ether oxygens (including phenoxy) is 2. The quantitative estimate of drug-likeness (QED) is 0.342. The third-order valence-electron chi connectivity index (χ3n) is 6.01. The lowest BCUT2D eigenvalue weighted by Gasteiger charge is -2.34. The summed E-state index contributed by atoms with van der Waals surface area (Å²) in [5, 5.41) is 0. The van der Waals surface area contributed by atoms with Crippen LogP contribution in [0.3, 0.4) is 0 Å². The lowest BCUT2D eigenvalue weighted by molar-refractivity contribution is -0.150. The maximum atomic E-state index is 13.5. The highest BCUT2D eigenvalue weighted by atomic mass is 16.5. The van der Waals surface area contributed by atoms with Gasteiger partial charge in [0.05, 0.1) is 17.9 Å². The normalized spacial score (nSPS) is 21.1. The van der Waals surface area contributed by atoms with Crippen LogP contribution >= 0.6 is 0 Å². The Labute approximate surface area is 196 Å². The van der Waals surface area contributed by atoms with Crippen molar-refractivity contribution in [2.24, 2.45) is 10.9 Å². The molecule has 0 spiro atoms. The molecule has 0 aromatic heterocycles. The van der Waals surface area contributed by atoms with Crippen molar-refractivity contribution in [3.8, 4) is 0 Å². The van der Waals surface area contributed by atoms with Gasteiger partial charge in [0.2, 0.25) is 0 Å². The van der Waals surface area contributed by atoms with E-state index in [1.807, 2.05) is 91.0 Å². The van der Waals surface area contributed by atoms with Gasteiger partial charge in [0.1, 0.15) is 6.61 Å². The van der Waals surface area contributed by atoms with Crippen LogP contribution in [0.5, 0.6) is 0 Å². The molecule has 0 N–H and O–H groups in total. The lowest BCUT2D eigenvalue weighted by atomic mass is 9.86. The van der Waals surface area contributed by atoms with Crippen LogP contribution in [-0.4, -0.2) is 29.9 Å². The minimum Gasteiger partial charge on any atom is -0.459 e. The Morgan fingerprint density at radius 3 is 1.85 bits per heavy atom. The van der Waals surface area contributed by atoms with Crippen LogP contribution < -0.4 is 0 Å². The van der Waals surface area contributed by atoms with Gasteiger partial charge in [-0.3, -0.25) is 4.99 Å². The van der Waals surface area contributed by atoms with Gasteiger partial charge in [0, 0.05) is 11.1 Å². The maximum absolute atomic E-state index is 13.5. The Balaban J connectivity index is 1.70. The summed E-state index contributed by atoms with van der Waals surface area (Å²) >= 11 is 0. The van der Waals surface area contributed by atoms with Crippen LogP contribution in [0.25, 0.3) is 0 Å². The summed E-state index contributed by atoms with van der Waals surface area (Å²) in [4.78, 5) is 18.6. The van der Waals surface area contributed by atoms with Gasteiger partial charge in [-0.25, -0.2) is 4.79 Å². The van der Waals surface area contributed by atoms with E-state index < -0.39 is 6.04 Å². The topological polar surface area (TPSA) is 47.9 Å². The summed E-state index contributed by atoms with van der Waals surface area (Å²) in [6, 6.07) is 29.3. The standard InChI is InChI=1S/C29H31NO3/c1-21-18-26(19-22(2)33-21)28(29(31)32-20-23-12-6-3-7-13-23)30-27(24-14-8-4-9-15-24)25-16-10-5-11-17-25/h3-17,21-22,26,28H,18-20H2,1-2H3/t21-,22+,26?,28?. The van der Waals surface area contributed by atoms with E-state index in [2.05, 4.69) is 13.8 Å². The van der Waals surface area contributed by atoms with E-state index in [9.17, 15) is 4.79 Å². The monoisotopic (exact) mass is 441 g/mol. The number of hydrogen-bond donors (Lipinski definition) is 0. The van der Waals surface area contributed by atoms with E-state index in [0.717, 1.165) is 35.2 Å². The molecular weight excluding hydrogens is 410 g/mol. The molecule has 0 aliphatic carbocycles. The molecule has 1 fully saturated rings. The highest BCUT2D eigenvalue weighted by Crippen LogP contribution is 2.30. The zero-order valence-electron chi connectivity index (χ0n) is 19.3. The van der Waals surface area contributed by atoms with Crippen molar-refractivity contribution >= 4 is 11.7 Å². The molecule has 4 atom stereocenters. The van der Waals surface area contributed by atoms with E-state index >= 15 is 0 Å². The van der Waals surface area contributed by atoms with Crippen molar-refractivity contribution in [2.45, 2.75) is 51.5 Å². The number of nitrogens with zero attached hydrogens (tertiary/aromatic N) is 1. The molecule has 1 saturated heterocycles. The summed E-state index contributed by atoms with van der Waals surface area (Å²) in [6.45, 7) is 4.37. The fourth-order valence-electron chi connectivity index (χ4n) is 4.53. The van der Waals surface area contributed by atoms with Gasteiger partial charge in [-0.05, 0) is 38.2 Å². The first-order valence-electron chi connectivity index (χ1n) is 11.6. The predicted molar refractivity (Wildman–Crippen MR) is 131 cm³/mol. The lowest BCUT2D eigenvalue weighted by Crippen LogP contribution is -2.39. The fraction of sp³-hybridized carbons (Fsp3) is 0.310. The molecule has 33 heavy (non-hydrogen) atoms. The summed E-state index contributed by atoms with van der Waals surface area (Å²) in [5.41, 5.74) is 3.74. The molecule has 3 aromatic carbocycles. The van der Waals surface area contributed by atoms with Crippen molar-refractivity contribution in [1.82, 2.24) is 0 Å². The van der Waals surface area contributed by atoms with Crippen molar-refractivity contribution in [3.63, 3.8) is 0 Å². The Bertz CT molecular complexity index is 998. The van der Waals surface area contributed by atoms with Crippen molar-refractivity contribution < 1.29 is 14.3 Å². The molecule has 4 heteroatoms. The molecule has 0 amide bonds. The van der Waals surface area contributed by atoms with E-state index in [1.54, 1.807) is 0 Å². The first-order valence-corrected chi connectivity index (χ1v) is 11.6. The molecular formula is C29H31NO3. The van der Waals surface area contributed by atoms with Gasteiger partial charge in [0.15, 0.2) is 6.04 Å². The maximum Gasteiger partial charge on any atom is 0.331 e. The van der Waals surface area contributed by atoms with Crippen LogP contribution in [0.4, 0.5) is 0 Å². The van der Waals surface area contributed by atoms with Crippen molar-refractivity contribution in [3.05, 3.63) is 108 Å². The minimum absolute atomic E-state index is 0.0504. The average Bonchev–Trinajstić information content (AvgIpc) is 2.84. The number of benzene rings is 3. The number of aliphatic imine (C=N–C) groups is 1. The summed E-state index contributed by atoms with van der Waals surface area (Å²) in [6.07, 6.45) is 1.71. The zero-order chi connectivity index (χ0) is 23.0. The van der Waals surface area contributed by atoms with E-state index in [4.69, 9.17) is 14.5 Å². The van der Waals surface area contributed by atoms with Crippen molar-refractivity contribution in [2.75, 3.05) is 0 Å². The number of rotatable bonds is 7. The van der Waals surface area contributed by atoms with Gasteiger partial charge in [-0.15, -0.1) is 0 Å². The van der Waals surface area contributed by atoms with Gasteiger partial charge in [-0.2, -0.15) is 0 Å². The van der Waals surface area contributed by atoms with Gasteiger partial charge in [-0.1, -0.05) is 91.0 Å². The molecule has 0 bridgehead atoms. The Morgan fingerprint density at radius 2 is 1.33 bits per heavy atom. The highest BCUT2D eigenvalue weighted by Gasteiger charge is 2.36. The zero-order valence-corrected chi connectivity index (χ0v) is 19.3. The summed E-state index contributed by atoms with van der Waals surface area (Å²) in [7, 11) is 0. The van der Waals surface area contributed by atoms with Crippen LogP contribution in [0.2, 0.25) is 0 Å². The SMILES string of the molecule is C[C@@H]1CC(C(N=C(c2ccccc2)c2ccccc2)C(=O)OCc2ccccc2)C[C@H](C)O1. The first-order chi connectivity index (χ1) is 16.1. The molecule has 4 rings (SSSR count). The molecule has 0 saturated carbocycles. The Kier molecular flexibility index (Phi) is 7.69. The second kappa shape index (κ2) is 11.1. The smallest absolute Gasteiger partial charge is 0.331 e. The Hall–Kier alpha value is -3.24. The number of esters is 1.